The van der Waals surface area contributed by atoms with Crippen molar-refractivity contribution >= 4 is 28.1 Å². The fraction of sp³-hybridized carbons (Fsp3) is 0.333. The van der Waals surface area contributed by atoms with Gasteiger partial charge < -0.3 is 15.2 Å². The highest BCUT2D eigenvalue weighted by Crippen LogP contribution is 2.42. The van der Waals surface area contributed by atoms with Crippen LogP contribution in [-0.2, 0) is 0 Å². The summed E-state index contributed by atoms with van der Waals surface area (Å²) in [6, 6.07) is 10.0. The number of hydrogen-bond acceptors (Lipinski definition) is 3. The van der Waals surface area contributed by atoms with E-state index in [4.69, 9.17) is 16.3 Å². The van der Waals surface area contributed by atoms with Crippen LogP contribution in [0.4, 0.5) is 5.69 Å². The quantitative estimate of drug-likeness (QED) is 0.668. The molecule has 0 aliphatic carbocycles. The lowest BCUT2D eigenvalue weighted by Gasteiger charge is -2.15. The molecule has 2 aromatic carbocycles. The summed E-state index contributed by atoms with van der Waals surface area (Å²) in [6.07, 6.45) is -0.827. The highest BCUT2D eigenvalue weighted by molar-refractivity contribution is 6.18. The molecule has 1 aliphatic heterocycles. The summed E-state index contributed by atoms with van der Waals surface area (Å²) in [7, 11) is 0. The number of nitrogens with one attached hydrogen (secondary N) is 1. The van der Waals surface area contributed by atoms with Gasteiger partial charge in [0.25, 0.3) is 0 Å². The summed E-state index contributed by atoms with van der Waals surface area (Å²) < 4.78 is 5.50. The number of alkyl halides is 1. The van der Waals surface area contributed by atoms with E-state index in [0.717, 1.165) is 23.0 Å². The number of aliphatic hydroxyl groups excluding tert-OH is 1. The second-order valence-electron chi connectivity index (χ2n) is 4.83. The Labute approximate surface area is 117 Å². The predicted octanol–water partition coefficient (Wildman–Crippen LogP) is 3.30. The van der Waals surface area contributed by atoms with Gasteiger partial charge in [0, 0.05) is 35.5 Å². The van der Waals surface area contributed by atoms with Crippen LogP contribution in [-0.4, -0.2) is 23.8 Å². The third-order valence-electron chi connectivity index (χ3n) is 3.48. The normalized spacial score (nSPS) is 19.0. The Morgan fingerprint density at radius 3 is 2.84 bits per heavy atom. The first-order valence-corrected chi connectivity index (χ1v) is 6.94. The average Bonchev–Trinajstić information content (AvgIpc) is 2.81. The SMILES string of the molecule is CC(O)Oc1cc2c(c3ccccc13)[C@H](CCl)CN2. The van der Waals surface area contributed by atoms with Crippen LogP contribution in [0.2, 0.25) is 0 Å². The minimum Gasteiger partial charge on any atom is -0.465 e. The number of aliphatic hydroxyl groups is 1. The Morgan fingerprint density at radius 2 is 2.16 bits per heavy atom. The second kappa shape index (κ2) is 4.91. The maximum Gasteiger partial charge on any atom is 0.194 e. The number of hydrogen-bond donors (Lipinski definition) is 2. The molecular weight excluding hydrogens is 262 g/mol. The van der Waals surface area contributed by atoms with Crippen LogP contribution in [0.15, 0.2) is 30.3 Å². The van der Waals surface area contributed by atoms with Gasteiger partial charge in [0.2, 0.25) is 0 Å². The van der Waals surface area contributed by atoms with E-state index < -0.39 is 6.29 Å². The lowest BCUT2D eigenvalue weighted by molar-refractivity contribution is 0.000917. The van der Waals surface area contributed by atoms with Gasteiger partial charge in [-0.05, 0) is 17.9 Å². The fourth-order valence-corrected chi connectivity index (χ4v) is 2.96. The Kier molecular flexibility index (Phi) is 3.25. The van der Waals surface area contributed by atoms with E-state index in [9.17, 15) is 5.11 Å². The first-order valence-electron chi connectivity index (χ1n) is 6.41. The highest BCUT2D eigenvalue weighted by atomic mass is 35.5. The first-order chi connectivity index (χ1) is 9.20. The maximum absolute atomic E-state index is 9.45. The summed E-state index contributed by atoms with van der Waals surface area (Å²) in [6.45, 7) is 2.46. The third kappa shape index (κ3) is 2.13. The monoisotopic (exact) mass is 277 g/mol. The minimum atomic E-state index is -0.827. The Balaban J connectivity index is 2.23. The second-order valence-corrected chi connectivity index (χ2v) is 5.14. The van der Waals surface area contributed by atoms with Crippen LogP contribution >= 0.6 is 11.6 Å². The zero-order valence-corrected chi connectivity index (χ0v) is 11.4. The molecule has 0 saturated carbocycles. The molecule has 0 aromatic heterocycles. The summed E-state index contributed by atoms with van der Waals surface area (Å²) in [5.41, 5.74) is 2.31. The highest BCUT2D eigenvalue weighted by Gasteiger charge is 2.25. The third-order valence-corrected chi connectivity index (χ3v) is 3.85. The Morgan fingerprint density at radius 1 is 1.42 bits per heavy atom. The molecule has 1 heterocycles. The van der Waals surface area contributed by atoms with Crippen molar-refractivity contribution in [3.63, 3.8) is 0 Å². The van der Waals surface area contributed by atoms with Gasteiger partial charge in [0.15, 0.2) is 6.29 Å². The summed E-state index contributed by atoms with van der Waals surface area (Å²) >= 11 is 6.05. The zero-order chi connectivity index (χ0) is 13.4. The Bertz CT molecular complexity index is 612. The van der Waals surface area contributed by atoms with Crippen LogP contribution < -0.4 is 10.1 Å². The zero-order valence-electron chi connectivity index (χ0n) is 10.7. The van der Waals surface area contributed by atoms with Gasteiger partial charge in [-0.25, -0.2) is 0 Å². The lowest BCUT2D eigenvalue weighted by atomic mass is 9.95. The van der Waals surface area contributed by atoms with Crippen molar-refractivity contribution < 1.29 is 9.84 Å². The van der Waals surface area contributed by atoms with Crippen molar-refractivity contribution in [3.05, 3.63) is 35.9 Å². The molecular formula is C15H16ClNO2. The number of halogens is 1. The Hall–Kier alpha value is -1.45. The molecule has 0 radical (unpaired) electrons. The van der Waals surface area contributed by atoms with Gasteiger partial charge in [-0.2, -0.15) is 0 Å². The van der Waals surface area contributed by atoms with Crippen LogP contribution in [0.1, 0.15) is 18.4 Å². The van der Waals surface area contributed by atoms with E-state index in [1.165, 1.54) is 5.56 Å². The van der Waals surface area contributed by atoms with E-state index >= 15 is 0 Å². The van der Waals surface area contributed by atoms with Crippen molar-refractivity contribution in [3.8, 4) is 5.75 Å². The molecule has 2 N–H and O–H groups in total. The molecule has 3 rings (SSSR count). The fourth-order valence-electron chi connectivity index (χ4n) is 2.70. The van der Waals surface area contributed by atoms with Gasteiger partial charge in [0.05, 0.1) is 0 Å². The van der Waals surface area contributed by atoms with Crippen LogP contribution in [0.25, 0.3) is 10.8 Å². The van der Waals surface area contributed by atoms with Gasteiger partial charge in [-0.3, -0.25) is 0 Å². The minimum absolute atomic E-state index is 0.321. The van der Waals surface area contributed by atoms with Crippen LogP contribution in [0.3, 0.4) is 0 Å². The molecule has 2 atom stereocenters. The van der Waals surface area contributed by atoms with E-state index in [2.05, 4.69) is 11.4 Å². The molecule has 100 valence electrons. The first kappa shape index (κ1) is 12.6. The summed E-state index contributed by atoms with van der Waals surface area (Å²) in [5, 5.41) is 15.0. The van der Waals surface area contributed by atoms with Crippen molar-refractivity contribution in [2.75, 3.05) is 17.7 Å². The van der Waals surface area contributed by atoms with E-state index in [-0.39, 0.29) is 0 Å². The van der Waals surface area contributed by atoms with E-state index in [0.29, 0.717) is 17.5 Å². The van der Waals surface area contributed by atoms with Gasteiger partial charge in [-0.1, -0.05) is 24.3 Å². The van der Waals surface area contributed by atoms with Crippen LogP contribution in [0.5, 0.6) is 5.75 Å². The number of fused-ring (bicyclic) bond motifs is 3. The van der Waals surface area contributed by atoms with Crippen molar-refractivity contribution in [2.45, 2.75) is 19.1 Å². The largest absolute Gasteiger partial charge is 0.465 e. The number of ether oxygens (including phenoxy) is 1. The molecule has 0 bridgehead atoms. The van der Waals surface area contributed by atoms with Crippen molar-refractivity contribution in [2.24, 2.45) is 0 Å². The van der Waals surface area contributed by atoms with Gasteiger partial charge in [-0.15, -0.1) is 11.6 Å². The molecule has 19 heavy (non-hydrogen) atoms. The van der Waals surface area contributed by atoms with Crippen molar-refractivity contribution in [1.29, 1.82) is 0 Å². The molecule has 0 fully saturated rings. The number of anilines is 1. The molecule has 4 heteroatoms. The molecule has 0 amide bonds. The van der Waals surface area contributed by atoms with Crippen LogP contribution in [0, 0.1) is 0 Å². The molecule has 0 saturated heterocycles. The average molecular weight is 278 g/mol. The number of benzene rings is 2. The standard InChI is InChI=1S/C15H16ClNO2/c1-9(18)19-14-6-13-15(10(7-16)8-17-13)12-5-3-2-4-11(12)14/h2-6,9-10,17-18H,7-8H2,1H3/t9?,10-/m1/s1. The molecule has 1 unspecified atom stereocenters. The maximum atomic E-state index is 9.45. The summed E-state index contributed by atoms with van der Waals surface area (Å²) in [4.78, 5) is 0. The van der Waals surface area contributed by atoms with E-state index in [1.807, 2.05) is 24.3 Å². The number of rotatable bonds is 3. The topological polar surface area (TPSA) is 41.5 Å². The van der Waals surface area contributed by atoms with Crippen molar-refractivity contribution in [1.82, 2.24) is 0 Å². The predicted molar refractivity (Wildman–Crippen MR) is 78.2 cm³/mol. The van der Waals surface area contributed by atoms with E-state index in [1.54, 1.807) is 6.92 Å². The molecule has 0 spiro atoms. The lowest BCUT2D eigenvalue weighted by Crippen LogP contribution is -2.10. The molecule has 1 aliphatic rings. The van der Waals surface area contributed by atoms with Gasteiger partial charge >= 0.3 is 0 Å². The molecule has 3 nitrogen and oxygen atoms in total. The molecule has 2 aromatic rings. The smallest absolute Gasteiger partial charge is 0.194 e. The summed E-state index contributed by atoms with van der Waals surface area (Å²) in [5.74, 6) is 1.62. The van der Waals surface area contributed by atoms with Gasteiger partial charge in [0.1, 0.15) is 5.75 Å².